The highest BCUT2D eigenvalue weighted by Crippen LogP contribution is 2.29. The van der Waals surface area contributed by atoms with E-state index in [0.29, 0.717) is 19.4 Å². The van der Waals surface area contributed by atoms with Gasteiger partial charge in [0.05, 0.1) is 6.33 Å². The summed E-state index contributed by atoms with van der Waals surface area (Å²) in [7, 11) is 0. The zero-order chi connectivity index (χ0) is 14.7. The molecule has 1 aliphatic rings. The van der Waals surface area contributed by atoms with Gasteiger partial charge in [0, 0.05) is 24.6 Å². The lowest BCUT2D eigenvalue weighted by Gasteiger charge is -2.20. The molecule has 1 aromatic carbocycles. The monoisotopic (exact) mass is 285 g/mol. The molecule has 0 bridgehead atoms. The number of amides is 1. The average molecular weight is 285 g/mol. The molecule has 1 amide bonds. The number of hydrogen-bond acceptors (Lipinski definition) is 3. The van der Waals surface area contributed by atoms with E-state index in [1.54, 1.807) is 12.5 Å². The minimum absolute atomic E-state index is 0.251. The van der Waals surface area contributed by atoms with Gasteiger partial charge in [-0.15, -0.1) is 0 Å². The molecule has 0 spiro atoms. The Morgan fingerprint density at radius 3 is 2.62 bits per heavy atom. The molecule has 2 N–H and O–H groups in total. The molecule has 1 aromatic heterocycles. The van der Waals surface area contributed by atoms with Crippen LogP contribution in [-0.4, -0.2) is 26.2 Å². The standard InChI is InChI=1S/C16H19N3O2/c20-15(16(21)7-1-2-8-16)18-11-13-3-5-14(6-4-13)19-10-9-17-12-19/h3-6,9-10,12,21H,1-2,7-8,11H2,(H,18,20). The third kappa shape index (κ3) is 2.97. The van der Waals surface area contributed by atoms with Gasteiger partial charge < -0.3 is 15.0 Å². The lowest BCUT2D eigenvalue weighted by Crippen LogP contribution is -2.44. The Morgan fingerprint density at radius 2 is 2.00 bits per heavy atom. The van der Waals surface area contributed by atoms with Crippen LogP contribution in [-0.2, 0) is 11.3 Å². The van der Waals surface area contributed by atoms with Gasteiger partial charge in [-0.2, -0.15) is 0 Å². The molecule has 2 aromatic rings. The van der Waals surface area contributed by atoms with E-state index in [4.69, 9.17) is 0 Å². The summed E-state index contributed by atoms with van der Waals surface area (Å²) >= 11 is 0. The second-order valence-corrected chi connectivity index (χ2v) is 5.56. The minimum atomic E-state index is -1.16. The van der Waals surface area contributed by atoms with E-state index in [2.05, 4.69) is 10.3 Å². The fourth-order valence-corrected chi connectivity index (χ4v) is 2.73. The summed E-state index contributed by atoms with van der Waals surface area (Å²) < 4.78 is 1.92. The number of carbonyl (C=O) groups is 1. The Labute approximate surface area is 123 Å². The van der Waals surface area contributed by atoms with Gasteiger partial charge in [0.25, 0.3) is 5.91 Å². The number of benzene rings is 1. The van der Waals surface area contributed by atoms with E-state index in [1.165, 1.54) is 0 Å². The first-order chi connectivity index (χ1) is 10.2. The first kappa shape index (κ1) is 13.8. The fraction of sp³-hybridized carbons (Fsp3) is 0.375. The third-order valence-electron chi connectivity index (χ3n) is 4.05. The number of imidazole rings is 1. The number of aromatic nitrogens is 2. The van der Waals surface area contributed by atoms with Crippen LogP contribution in [0.4, 0.5) is 0 Å². The first-order valence-corrected chi connectivity index (χ1v) is 7.25. The second kappa shape index (κ2) is 5.69. The number of nitrogens with zero attached hydrogens (tertiary/aromatic N) is 2. The Balaban J connectivity index is 1.60. The van der Waals surface area contributed by atoms with Gasteiger partial charge in [0.15, 0.2) is 0 Å². The molecule has 1 aliphatic carbocycles. The van der Waals surface area contributed by atoms with Crippen molar-refractivity contribution in [3.63, 3.8) is 0 Å². The zero-order valence-corrected chi connectivity index (χ0v) is 11.8. The number of carbonyl (C=O) groups excluding carboxylic acids is 1. The summed E-state index contributed by atoms with van der Waals surface area (Å²) in [5.74, 6) is -0.251. The summed E-state index contributed by atoms with van der Waals surface area (Å²) in [6.45, 7) is 0.436. The largest absolute Gasteiger partial charge is 0.380 e. The van der Waals surface area contributed by atoms with Crippen LogP contribution in [0, 0.1) is 0 Å². The predicted octanol–water partition coefficient (Wildman–Crippen LogP) is 1.79. The van der Waals surface area contributed by atoms with Crippen molar-refractivity contribution >= 4 is 5.91 Å². The van der Waals surface area contributed by atoms with Gasteiger partial charge in [0.2, 0.25) is 0 Å². The Kier molecular flexibility index (Phi) is 3.75. The van der Waals surface area contributed by atoms with Gasteiger partial charge in [0.1, 0.15) is 5.60 Å². The lowest BCUT2D eigenvalue weighted by molar-refractivity contribution is -0.139. The average Bonchev–Trinajstić information content (AvgIpc) is 3.17. The highest BCUT2D eigenvalue weighted by molar-refractivity contribution is 5.85. The van der Waals surface area contributed by atoms with Crippen molar-refractivity contribution in [1.82, 2.24) is 14.9 Å². The molecule has 0 atom stereocenters. The summed E-state index contributed by atoms with van der Waals surface area (Å²) in [5, 5.41) is 13.0. The molecule has 1 heterocycles. The molecule has 21 heavy (non-hydrogen) atoms. The normalized spacial score (nSPS) is 16.8. The smallest absolute Gasteiger partial charge is 0.252 e. The second-order valence-electron chi connectivity index (χ2n) is 5.56. The van der Waals surface area contributed by atoms with E-state index in [9.17, 15) is 9.90 Å². The van der Waals surface area contributed by atoms with Crippen molar-refractivity contribution < 1.29 is 9.90 Å². The van der Waals surface area contributed by atoms with Crippen LogP contribution < -0.4 is 5.32 Å². The van der Waals surface area contributed by atoms with Crippen LogP contribution in [0.25, 0.3) is 5.69 Å². The number of rotatable bonds is 4. The molecule has 0 unspecified atom stereocenters. The summed E-state index contributed by atoms with van der Waals surface area (Å²) in [6, 6.07) is 7.89. The van der Waals surface area contributed by atoms with Crippen LogP contribution in [0.1, 0.15) is 31.2 Å². The Morgan fingerprint density at radius 1 is 1.29 bits per heavy atom. The van der Waals surface area contributed by atoms with Gasteiger partial charge in [-0.1, -0.05) is 12.1 Å². The molecule has 110 valence electrons. The SMILES string of the molecule is O=C(NCc1ccc(-n2ccnc2)cc1)C1(O)CCCC1. The van der Waals surface area contributed by atoms with Gasteiger partial charge in [-0.25, -0.2) is 4.98 Å². The van der Waals surface area contributed by atoms with Crippen molar-refractivity contribution in [1.29, 1.82) is 0 Å². The molecule has 0 saturated heterocycles. The predicted molar refractivity (Wildman–Crippen MR) is 78.8 cm³/mol. The van der Waals surface area contributed by atoms with E-state index in [-0.39, 0.29) is 5.91 Å². The van der Waals surface area contributed by atoms with Gasteiger partial charge in [-0.3, -0.25) is 4.79 Å². The lowest BCUT2D eigenvalue weighted by atomic mass is 10.0. The molecular formula is C16H19N3O2. The third-order valence-corrected chi connectivity index (χ3v) is 4.05. The summed E-state index contributed by atoms with van der Waals surface area (Å²) in [6.07, 6.45) is 8.33. The highest BCUT2D eigenvalue weighted by Gasteiger charge is 2.38. The maximum Gasteiger partial charge on any atom is 0.252 e. The molecule has 3 rings (SSSR count). The van der Waals surface area contributed by atoms with Crippen LogP contribution >= 0.6 is 0 Å². The molecule has 1 saturated carbocycles. The van der Waals surface area contributed by atoms with Crippen molar-refractivity contribution in [2.75, 3.05) is 0 Å². The van der Waals surface area contributed by atoms with E-state index < -0.39 is 5.60 Å². The minimum Gasteiger partial charge on any atom is -0.380 e. The molecular weight excluding hydrogens is 266 g/mol. The quantitative estimate of drug-likeness (QED) is 0.900. The van der Waals surface area contributed by atoms with E-state index in [0.717, 1.165) is 24.1 Å². The maximum absolute atomic E-state index is 12.0. The number of aliphatic hydroxyl groups is 1. The number of nitrogens with one attached hydrogen (secondary N) is 1. The fourth-order valence-electron chi connectivity index (χ4n) is 2.73. The Hall–Kier alpha value is -2.14. The van der Waals surface area contributed by atoms with Crippen molar-refractivity contribution in [3.05, 3.63) is 48.5 Å². The topological polar surface area (TPSA) is 67.2 Å². The molecule has 0 aliphatic heterocycles. The first-order valence-electron chi connectivity index (χ1n) is 7.25. The van der Waals surface area contributed by atoms with Crippen molar-refractivity contribution in [2.24, 2.45) is 0 Å². The molecule has 5 heteroatoms. The summed E-state index contributed by atoms with van der Waals surface area (Å²) in [4.78, 5) is 16.0. The molecule has 0 radical (unpaired) electrons. The van der Waals surface area contributed by atoms with Gasteiger partial charge in [-0.05, 0) is 43.4 Å². The molecule has 5 nitrogen and oxygen atoms in total. The van der Waals surface area contributed by atoms with Crippen LogP contribution in [0.2, 0.25) is 0 Å². The molecule has 1 fully saturated rings. The zero-order valence-electron chi connectivity index (χ0n) is 11.8. The van der Waals surface area contributed by atoms with Crippen LogP contribution in [0.3, 0.4) is 0 Å². The number of hydrogen-bond donors (Lipinski definition) is 2. The van der Waals surface area contributed by atoms with Crippen LogP contribution in [0.5, 0.6) is 0 Å². The van der Waals surface area contributed by atoms with Crippen LogP contribution in [0.15, 0.2) is 43.0 Å². The Bertz CT molecular complexity index is 599. The van der Waals surface area contributed by atoms with E-state index in [1.807, 2.05) is 35.0 Å². The summed E-state index contributed by atoms with van der Waals surface area (Å²) in [5.41, 5.74) is 0.877. The van der Waals surface area contributed by atoms with Gasteiger partial charge >= 0.3 is 0 Å². The van der Waals surface area contributed by atoms with Crippen molar-refractivity contribution in [3.8, 4) is 5.69 Å². The maximum atomic E-state index is 12.0. The van der Waals surface area contributed by atoms with E-state index >= 15 is 0 Å². The van der Waals surface area contributed by atoms with Crippen molar-refractivity contribution in [2.45, 2.75) is 37.8 Å². The highest BCUT2D eigenvalue weighted by atomic mass is 16.3.